The van der Waals surface area contributed by atoms with Crippen LogP contribution in [-0.4, -0.2) is 31.6 Å². The molecular weight excluding hydrogens is 200 g/mol. The highest BCUT2D eigenvalue weighted by Gasteiger charge is 2.13. The highest BCUT2D eigenvalue weighted by molar-refractivity contribution is 4.97. The van der Waals surface area contributed by atoms with Gasteiger partial charge in [0.1, 0.15) is 5.76 Å². The molecule has 3 nitrogen and oxygen atoms in total. The first-order chi connectivity index (χ1) is 7.84. The highest BCUT2D eigenvalue weighted by atomic mass is 16.3. The van der Waals surface area contributed by atoms with Crippen molar-refractivity contribution in [1.29, 1.82) is 0 Å². The van der Waals surface area contributed by atoms with Gasteiger partial charge in [-0.15, -0.1) is 0 Å². The molecule has 90 valence electrons. The summed E-state index contributed by atoms with van der Waals surface area (Å²) in [7, 11) is 2.17. The molecule has 0 unspecified atom stereocenters. The Morgan fingerprint density at radius 3 is 2.94 bits per heavy atom. The topological polar surface area (TPSA) is 28.4 Å². The van der Waals surface area contributed by atoms with Crippen molar-refractivity contribution in [2.45, 2.75) is 25.8 Å². The summed E-state index contributed by atoms with van der Waals surface area (Å²) in [5.74, 6) is 1.98. The molecule has 1 N–H and O–H groups in total. The second kappa shape index (κ2) is 6.06. The van der Waals surface area contributed by atoms with Crippen LogP contribution in [0.5, 0.6) is 0 Å². The Morgan fingerprint density at radius 2 is 2.25 bits per heavy atom. The summed E-state index contributed by atoms with van der Waals surface area (Å²) >= 11 is 0. The number of furan rings is 1. The van der Waals surface area contributed by atoms with Gasteiger partial charge in [0, 0.05) is 0 Å². The highest BCUT2D eigenvalue weighted by Crippen LogP contribution is 2.16. The molecule has 3 heteroatoms. The Bertz CT molecular complexity index is 278. The lowest BCUT2D eigenvalue weighted by molar-refractivity contribution is 0.251. The summed E-state index contributed by atoms with van der Waals surface area (Å²) in [5, 5.41) is 3.41. The molecule has 0 aromatic carbocycles. The maximum Gasteiger partial charge on any atom is 0.117 e. The summed E-state index contributed by atoms with van der Waals surface area (Å²) in [6, 6.07) is 4.00. The van der Waals surface area contributed by atoms with E-state index in [1.165, 1.54) is 38.9 Å². The molecule has 2 heterocycles. The first-order valence-corrected chi connectivity index (χ1v) is 6.26. The standard InChI is InChI=1S/C13H22N2O/c1-15(11-13-3-2-10-16-13)9-6-12-4-7-14-8-5-12/h2-3,10,12,14H,4-9,11H2,1H3. The molecule has 0 bridgehead atoms. The summed E-state index contributed by atoms with van der Waals surface area (Å²) in [4.78, 5) is 2.35. The number of rotatable bonds is 5. The van der Waals surface area contributed by atoms with Crippen LogP contribution in [0.25, 0.3) is 0 Å². The van der Waals surface area contributed by atoms with E-state index in [-0.39, 0.29) is 0 Å². The van der Waals surface area contributed by atoms with Gasteiger partial charge in [-0.1, -0.05) is 0 Å². The summed E-state index contributed by atoms with van der Waals surface area (Å²) in [6.45, 7) is 4.50. The molecule has 2 rings (SSSR count). The van der Waals surface area contributed by atoms with Gasteiger partial charge >= 0.3 is 0 Å². The number of nitrogens with one attached hydrogen (secondary N) is 1. The molecule has 0 amide bonds. The Labute approximate surface area is 97.8 Å². The second-order valence-corrected chi connectivity index (χ2v) is 4.80. The number of hydrogen-bond acceptors (Lipinski definition) is 3. The van der Waals surface area contributed by atoms with Crippen molar-refractivity contribution >= 4 is 0 Å². The van der Waals surface area contributed by atoms with Gasteiger partial charge in [0.05, 0.1) is 12.8 Å². The zero-order chi connectivity index (χ0) is 11.2. The van der Waals surface area contributed by atoms with Crippen molar-refractivity contribution in [3.05, 3.63) is 24.2 Å². The van der Waals surface area contributed by atoms with E-state index in [0.717, 1.165) is 18.2 Å². The van der Waals surface area contributed by atoms with Crippen LogP contribution in [0, 0.1) is 5.92 Å². The Morgan fingerprint density at radius 1 is 1.44 bits per heavy atom. The molecule has 0 radical (unpaired) electrons. The van der Waals surface area contributed by atoms with Crippen LogP contribution in [0.4, 0.5) is 0 Å². The van der Waals surface area contributed by atoms with Gasteiger partial charge < -0.3 is 9.73 Å². The molecule has 1 aromatic rings. The van der Waals surface area contributed by atoms with Crippen molar-refractivity contribution in [1.82, 2.24) is 10.2 Å². The number of piperidine rings is 1. The first kappa shape index (κ1) is 11.7. The van der Waals surface area contributed by atoms with E-state index < -0.39 is 0 Å². The first-order valence-electron chi connectivity index (χ1n) is 6.26. The Balaban J connectivity index is 1.65. The zero-order valence-corrected chi connectivity index (χ0v) is 10.1. The summed E-state index contributed by atoms with van der Waals surface area (Å²) in [6.07, 6.45) is 5.75. The molecule has 0 spiro atoms. The largest absolute Gasteiger partial charge is 0.468 e. The van der Waals surface area contributed by atoms with Crippen LogP contribution in [-0.2, 0) is 6.54 Å². The van der Waals surface area contributed by atoms with Crippen molar-refractivity contribution in [2.75, 3.05) is 26.7 Å². The molecule has 1 saturated heterocycles. The van der Waals surface area contributed by atoms with Gasteiger partial charge in [-0.3, -0.25) is 4.90 Å². The van der Waals surface area contributed by atoms with Crippen LogP contribution in [0.15, 0.2) is 22.8 Å². The minimum atomic E-state index is 0.917. The number of hydrogen-bond donors (Lipinski definition) is 1. The average molecular weight is 222 g/mol. The quantitative estimate of drug-likeness (QED) is 0.827. The van der Waals surface area contributed by atoms with Crippen molar-refractivity contribution in [3.63, 3.8) is 0 Å². The fourth-order valence-electron chi connectivity index (χ4n) is 2.32. The predicted octanol–water partition coefficient (Wildman–Crippen LogP) is 2.10. The van der Waals surface area contributed by atoms with Gasteiger partial charge in [-0.2, -0.15) is 0 Å². The molecule has 1 aliphatic heterocycles. The van der Waals surface area contributed by atoms with Crippen molar-refractivity contribution < 1.29 is 4.42 Å². The maximum absolute atomic E-state index is 5.34. The lowest BCUT2D eigenvalue weighted by Crippen LogP contribution is -2.30. The second-order valence-electron chi connectivity index (χ2n) is 4.80. The molecule has 0 atom stereocenters. The Hall–Kier alpha value is -0.800. The van der Waals surface area contributed by atoms with Gasteiger partial charge in [-0.25, -0.2) is 0 Å². The van der Waals surface area contributed by atoms with Crippen molar-refractivity contribution in [2.24, 2.45) is 5.92 Å². The summed E-state index contributed by atoms with van der Waals surface area (Å²) in [5.41, 5.74) is 0. The molecule has 1 aromatic heterocycles. The maximum atomic E-state index is 5.34. The Kier molecular flexibility index (Phi) is 4.43. The van der Waals surface area contributed by atoms with Gasteiger partial charge in [0.2, 0.25) is 0 Å². The minimum Gasteiger partial charge on any atom is -0.468 e. The van der Waals surface area contributed by atoms with E-state index in [9.17, 15) is 0 Å². The minimum absolute atomic E-state index is 0.917. The van der Waals surface area contributed by atoms with E-state index in [1.807, 2.05) is 12.1 Å². The van der Waals surface area contributed by atoms with E-state index in [4.69, 9.17) is 4.42 Å². The lowest BCUT2D eigenvalue weighted by atomic mass is 9.94. The molecular formula is C13H22N2O. The SMILES string of the molecule is CN(CCC1CCNCC1)Cc1ccco1. The smallest absolute Gasteiger partial charge is 0.117 e. The average Bonchev–Trinajstić information content (AvgIpc) is 2.81. The monoisotopic (exact) mass is 222 g/mol. The van der Waals surface area contributed by atoms with Crippen LogP contribution in [0.1, 0.15) is 25.0 Å². The third-order valence-electron chi connectivity index (χ3n) is 3.38. The fourth-order valence-corrected chi connectivity index (χ4v) is 2.32. The van der Waals surface area contributed by atoms with Crippen molar-refractivity contribution in [3.8, 4) is 0 Å². The zero-order valence-electron chi connectivity index (χ0n) is 10.1. The van der Waals surface area contributed by atoms with Gasteiger partial charge in [0.25, 0.3) is 0 Å². The third kappa shape index (κ3) is 3.65. The normalized spacial score (nSPS) is 18.1. The predicted molar refractivity (Wildman–Crippen MR) is 65.3 cm³/mol. The number of nitrogens with zero attached hydrogens (tertiary/aromatic N) is 1. The molecule has 1 fully saturated rings. The van der Waals surface area contributed by atoms with E-state index in [2.05, 4.69) is 17.3 Å². The van der Waals surface area contributed by atoms with Crippen LogP contribution in [0.3, 0.4) is 0 Å². The van der Waals surface area contributed by atoms with E-state index in [1.54, 1.807) is 6.26 Å². The third-order valence-corrected chi connectivity index (χ3v) is 3.38. The summed E-state index contributed by atoms with van der Waals surface area (Å²) < 4.78 is 5.34. The fraction of sp³-hybridized carbons (Fsp3) is 0.692. The molecule has 16 heavy (non-hydrogen) atoms. The van der Waals surface area contributed by atoms with Gasteiger partial charge in [0.15, 0.2) is 0 Å². The van der Waals surface area contributed by atoms with Gasteiger partial charge in [-0.05, 0) is 64.0 Å². The van der Waals surface area contributed by atoms with E-state index in [0.29, 0.717) is 0 Å². The molecule has 1 aliphatic rings. The van der Waals surface area contributed by atoms with Crippen LogP contribution < -0.4 is 5.32 Å². The van der Waals surface area contributed by atoms with Crippen LogP contribution >= 0.6 is 0 Å². The van der Waals surface area contributed by atoms with Crippen LogP contribution in [0.2, 0.25) is 0 Å². The van der Waals surface area contributed by atoms with E-state index >= 15 is 0 Å². The molecule has 0 aliphatic carbocycles. The lowest BCUT2D eigenvalue weighted by Gasteiger charge is -2.24. The molecule has 0 saturated carbocycles.